The number of likely N-dealkylation sites (tertiary alicyclic amines) is 1. The Bertz CT molecular complexity index is 560. The predicted molar refractivity (Wildman–Crippen MR) is 78.3 cm³/mol. The van der Waals surface area contributed by atoms with Crippen LogP contribution in [0.3, 0.4) is 0 Å². The van der Waals surface area contributed by atoms with E-state index in [-0.39, 0.29) is 0 Å². The van der Waals surface area contributed by atoms with E-state index >= 15 is 0 Å². The van der Waals surface area contributed by atoms with Gasteiger partial charge in [0.2, 0.25) is 0 Å². The van der Waals surface area contributed by atoms with Crippen LogP contribution in [-0.2, 0) is 6.42 Å². The van der Waals surface area contributed by atoms with E-state index in [1.165, 1.54) is 25.9 Å². The van der Waals surface area contributed by atoms with E-state index in [0.717, 1.165) is 29.2 Å². The number of nitrogens with one attached hydrogen (secondary N) is 1. The maximum Gasteiger partial charge on any atom is 0.112 e. The van der Waals surface area contributed by atoms with Gasteiger partial charge in [-0.15, -0.1) is 0 Å². The molecule has 1 aliphatic heterocycles. The zero-order valence-electron chi connectivity index (χ0n) is 12.1. The van der Waals surface area contributed by atoms with E-state index in [9.17, 15) is 0 Å². The Labute approximate surface area is 119 Å². The van der Waals surface area contributed by atoms with E-state index in [4.69, 9.17) is 0 Å². The zero-order valence-corrected chi connectivity index (χ0v) is 12.1. The molecule has 0 spiro atoms. The predicted octanol–water partition coefficient (Wildman–Crippen LogP) is 2.06. The molecule has 106 valence electrons. The summed E-state index contributed by atoms with van der Waals surface area (Å²) in [6.45, 7) is 4.37. The standard InChI is InChI=1S/C15H21N5/c1-11-6-14(19-18-11)15-9-16-13(8-17-15)7-12-4-3-5-20(2)10-12/h6,8-9,12H,3-5,7,10H2,1-2H3,(H,18,19)/t12-/m0/s1. The van der Waals surface area contributed by atoms with Crippen LogP contribution in [0.1, 0.15) is 24.2 Å². The van der Waals surface area contributed by atoms with Gasteiger partial charge in [-0.05, 0) is 51.8 Å². The van der Waals surface area contributed by atoms with Crippen molar-refractivity contribution in [3.05, 3.63) is 29.8 Å². The number of aromatic nitrogens is 4. The average Bonchev–Trinajstić information content (AvgIpc) is 2.86. The maximum absolute atomic E-state index is 4.55. The van der Waals surface area contributed by atoms with Crippen molar-refractivity contribution in [3.63, 3.8) is 0 Å². The summed E-state index contributed by atoms with van der Waals surface area (Å²) in [6, 6.07) is 1.99. The minimum absolute atomic E-state index is 0.710. The molecule has 5 heteroatoms. The number of hydrogen-bond donors (Lipinski definition) is 1. The van der Waals surface area contributed by atoms with Gasteiger partial charge >= 0.3 is 0 Å². The van der Waals surface area contributed by atoms with E-state index in [1.54, 1.807) is 0 Å². The summed E-state index contributed by atoms with van der Waals surface area (Å²) < 4.78 is 0. The third-order valence-corrected chi connectivity index (χ3v) is 3.89. The van der Waals surface area contributed by atoms with E-state index < -0.39 is 0 Å². The molecule has 1 aliphatic rings. The summed E-state index contributed by atoms with van der Waals surface area (Å²) in [4.78, 5) is 11.4. The third-order valence-electron chi connectivity index (χ3n) is 3.89. The molecule has 3 rings (SSSR count). The summed E-state index contributed by atoms with van der Waals surface area (Å²) in [5, 5.41) is 7.14. The molecule has 0 aliphatic carbocycles. The maximum atomic E-state index is 4.55. The van der Waals surface area contributed by atoms with Crippen LogP contribution < -0.4 is 0 Å². The summed E-state index contributed by atoms with van der Waals surface area (Å²) in [6.07, 6.45) is 7.34. The number of nitrogens with zero attached hydrogens (tertiary/aromatic N) is 4. The highest BCUT2D eigenvalue weighted by Gasteiger charge is 2.18. The Balaban J connectivity index is 1.67. The molecule has 5 nitrogen and oxygen atoms in total. The first-order valence-corrected chi connectivity index (χ1v) is 7.22. The molecular formula is C15H21N5. The lowest BCUT2D eigenvalue weighted by molar-refractivity contribution is 0.208. The topological polar surface area (TPSA) is 57.7 Å². The van der Waals surface area contributed by atoms with Gasteiger partial charge in [0.05, 0.1) is 11.9 Å². The van der Waals surface area contributed by atoms with E-state index in [0.29, 0.717) is 5.92 Å². The lowest BCUT2D eigenvalue weighted by Gasteiger charge is -2.29. The van der Waals surface area contributed by atoms with Crippen molar-refractivity contribution in [1.82, 2.24) is 25.1 Å². The molecule has 1 atom stereocenters. The van der Waals surface area contributed by atoms with Crippen LogP contribution in [0, 0.1) is 12.8 Å². The van der Waals surface area contributed by atoms with Crippen LogP contribution in [0.2, 0.25) is 0 Å². The highest BCUT2D eigenvalue weighted by atomic mass is 15.1. The number of piperidine rings is 1. The SMILES string of the molecule is Cc1cc(-c2cnc(C[C@@H]3CCCN(C)C3)cn2)n[nH]1. The largest absolute Gasteiger partial charge is 0.306 e. The van der Waals surface area contributed by atoms with Gasteiger partial charge in [0.15, 0.2) is 0 Å². The monoisotopic (exact) mass is 271 g/mol. The second-order valence-corrected chi connectivity index (χ2v) is 5.80. The van der Waals surface area contributed by atoms with Crippen LogP contribution in [0.25, 0.3) is 11.4 Å². The molecule has 1 fully saturated rings. The fourth-order valence-corrected chi connectivity index (χ4v) is 2.88. The van der Waals surface area contributed by atoms with E-state index in [2.05, 4.69) is 32.1 Å². The van der Waals surface area contributed by atoms with Crippen LogP contribution in [0.4, 0.5) is 0 Å². The van der Waals surface area contributed by atoms with Crippen LogP contribution >= 0.6 is 0 Å². The Morgan fingerprint density at radius 3 is 2.85 bits per heavy atom. The van der Waals surface area contributed by atoms with Gasteiger partial charge in [0, 0.05) is 18.4 Å². The minimum Gasteiger partial charge on any atom is -0.306 e. The molecule has 0 bridgehead atoms. The molecule has 3 heterocycles. The van der Waals surface area contributed by atoms with Gasteiger partial charge in [-0.25, -0.2) is 0 Å². The summed E-state index contributed by atoms with van der Waals surface area (Å²) in [5.74, 6) is 0.710. The van der Waals surface area contributed by atoms with Crippen molar-refractivity contribution in [1.29, 1.82) is 0 Å². The summed E-state index contributed by atoms with van der Waals surface area (Å²) >= 11 is 0. The smallest absolute Gasteiger partial charge is 0.112 e. The molecule has 2 aromatic rings. The molecule has 0 saturated carbocycles. The lowest BCUT2D eigenvalue weighted by Crippen LogP contribution is -2.33. The summed E-state index contributed by atoms with van der Waals surface area (Å²) in [5.41, 5.74) is 3.82. The van der Waals surface area contributed by atoms with Gasteiger partial charge in [0.1, 0.15) is 11.4 Å². The van der Waals surface area contributed by atoms with Crippen LogP contribution in [0.5, 0.6) is 0 Å². The van der Waals surface area contributed by atoms with Gasteiger partial charge in [0.25, 0.3) is 0 Å². The van der Waals surface area contributed by atoms with Crippen molar-refractivity contribution >= 4 is 0 Å². The normalized spacial score (nSPS) is 20.2. The number of hydrogen-bond acceptors (Lipinski definition) is 4. The van der Waals surface area contributed by atoms with Gasteiger partial charge in [-0.1, -0.05) is 0 Å². The molecule has 2 aromatic heterocycles. The van der Waals surface area contributed by atoms with Gasteiger partial charge in [-0.3, -0.25) is 15.1 Å². The van der Waals surface area contributed by atoms with E-state index in [1.807, 2.05) is 25.4 Å². The molecule has 0 amide bonds. The Kier molecular flexibility index (Phi) is 3.78. The zero-order chi connectivity index (χ0) is 13.9. The number of aryl methyl sites for hydroxylation is 1. The third kappa shape index (κ3) is 3.04. The fraction of sp³-hybridized carbons (Fsp3) is 0.533. The van der Waals surface area contributed by atoms with Crippen LogP contribution in [0.15, 0.2) is 18.5 Å². The molecule has 1 N–H and O–H groups in total. The van der Waals surface area contributed by atoms with Crippen molar-refractivity contribution in [3.8, 4) is 11.4 Å². The Morgan fingerprint density at radius 2 is 2.20 bits per heavy atom. The van der Waals surface area contributed by atoms with Crippen molar-refractivity contribution in [2.75, 3.05) is 20.1 Å². The second-order valence-electron chi connectivity index (χ2n) is 5.80. The fourth-order valence-electron chi connectivity index (χ4n) is 2.88. The Morgan fingerprint density at radius 1 is 1.30 bits per heavy atom. The first-order valence-electron chi connectivity index (χ1n) is 7.22. The second kappa shape index (κ2) is 5.71. The van der Waals surface area contributed by atoms with Crippen LogP contribution in [-0.4, -0.2) is 45.2 Å². The molecule has 0 radical (unpaired) electrons. The van der Waals surface area contributed by atoms with Gasteiger partial charge in [-0.2, -0.15) is 5.10 Å². The lowest BCUT2D eigenvalue weighted by atomic mass is 9.94. The average molecular weight is 271 g/mol. The van der Waals surface area contributed by atoms with Crippen molar-refractivity contribution in [2.24, 2.45) is 5.92 Å². The summed E-state index contributed by atoms with van der Waals surface area (Å²) in [7, 11) is 2.20. The molecule has 20 heavy (non-hydrogen) atoms. The van der Waals surface area contributed by atoms with Crippen molar-refractivity contribution in [2.45, 2.75) is 26.2 Å². The number of aromatic amines is 1. The first-order chi connectivity index (χ1) is 9.70. The molecular weight excluding hydrogens is 250 g/mol. The molecule has 0 aromatic carbocycles. The number of H-pyrrole nitrogens is 1. The Hall–Kier alpha value is -1.75. The quantitative estimate of drug-likeness (QED) is 0.928. The highest BCUT2D eigenvalue weighted by Crippen LogP contribution is 2.20. The minimum atomic E-state index is 0.710. The molecule has 1 saturated heterocycles. The molecule has 0 unspecified atom stereocenters. The first kappa shape index (κ1) is 13.2. The highest BCUT2D eigenvalue weighted by molar-refractivity contribution is 5.52. The number of rotatable bonds is 3. The van der Waals surface area contributed by atoms with Crippen molar-refractivity contribution < 1.29 is 0 Å². The van der Waals surface area contributed by atoms with Gasteiger partial charge < -0.3 is 4.90 Å².